The number of amides is 1. The van der Waals surface area contributed by atoms with Gasteiger partial charge in [0.2, 0.25) is 10.0 Å². The van der Waals surface area contributed by atoms with Crippen LogP contribution in [0.1, 0.15) is 34.3 Å². The van der Waals surface area contributed by atoms with Gasteiger partial charge in [-0.1, -0.05) is 5.16 Å². The van der Waals surface area contributed by atoms with Gasteiger partial charge in [0, 0.05) is 16.9 Å². The van der Waals surface area contributed by atoms with Crippen LogP contribution in [0.15, 0.2) is 47.0 Å². The van der Waals surface area contributed by atoms with Crippen molar-refractivity contribution in [3.8, 4) is 11.5 Å². The fraction of sp³-hybridized carbons (Fsp3) is 0.273. The van der Waals surface area contributed by atoms with Gasteiger partial charge in [0.15, 0.2) is 11.5 Å². The molecule has 0 saturated heterocycles. The number of aromatic nitrogens is 1. The molecule has 3 aromatic rings. The largest absolute Gasteiger partial charge is 0.493 e. The molecule has 32 heavy (non-hydrogen) atoms. The van der Waals surface area contributed by atoms with E-state index in [0.717, 1.165) is 11.3 Å². The number of benzene rings is 2. The van der Waals surface area contributed by atoms with E-state index in [0.29, 0.717) is 34.2 Å². The molecule has 0 aliphatic rings. The zero-order valence-electron chi connectivity index (χ0n) is 18.3. The molecule has 0 atom stereocenters. The Morgan fingerprint density at radius 1 is 1.06 bits per heavy atom. The summed E-state index contributed by atoms with van der Waals surface area (Å²) in [5.41, 5.74) is 2.94. The Labute approximate surface area is 186 Å². The van der Waals surface area contributed by atoms with Crippen LogP contribution in [0, 0.1) is 13.8 Å². The van der Waals surface area contributed by atoms with Gasteiger partial charge in [0.05, 0.1) is 24.1 Å². The summed E-state index contributed by atoms with van der Waals surface area (Å²) in [4.78, 5) is 12.6. The van der Waals surface area contributed by atoms with Crippen LogP contribution < -0.4 is 19.5 Å². The van der Waals surface area contributed by atoms with Crippen molar-refractivity contribution < 1.29 is 27.2 Å². The lowest BCUT2D eigenvalue weighted by Crippen LogP contribution is -2.15. The van der Waals surface area contributed by atoms with Gasteiger partial charge in [0.1, 0.15) is 12.4 Å². The molecule has 1 aromatic heterocycles. The second-order valence-electron chi connectivity index (χ2n) is 6.99. The Hall–Kier alpha value is -3.53. The molecule has 0 unspecified atom stereocenters. The molecule has 2 N–H and O–H groups in total. The summed E-state index contributed by atoms with van der Waals surface area (Å²) in [6, 6.07) is 11.3. The molecule has 0 saturated carbocycles. The summed E-state index contributed by atoms with van der Waals surface area (Å²) in [6.07, 6.45) is 0. The molecule has 1 heterocycles. The van der Waals surface area contributed by atoms with E-state index >= 15 is 0 Å². The first kappa shape index (κ1) is 23.1. The number of nitrogens with one attached hydrogen (secondary N) is 2. The van der Waals surface area contributed by atoms with Crippen molar-refractivity contribution in [2.45, 2.75) is 27.4 Å². The van der Waals surface area contributed by atoms with Gasteiger partial charge in [-0.05, 0) is 63.2 Å². The quantitative estimate of drug-likeness (QED) is 0.498. The van der Waals surface area contributed by atoms with Gasteiger partial charge in [-0.3, -0.25) is 9.52 Å². The summed E-state index contributed by atoms with van der Waals surface area (Å²) < 4.78 is 42.1. The van der Waals surface area contributed by atoms with Crippen LogP contribution in [0.2, 0.25) is 0 Å². The zero-order valence-corrected chi connectivity index (χ0v) is 19.1. The van der Waals surface area contributed by atoms with Gasteiger partial charge in [-0.2, -0.15) is 0 Å². The molecular formula is C22H25N3O6S. The second kappa shape index (κ2) is 9.73. The molecule has 2 aromatic carbocycles. The number of rotatable bonds is 9. The van der Waals surface area contributed by atoms with Crippen LogP contribution in [0.4, 0.5) is 11.4 Å². The van der Waals surface area contributed by atoms with Crippen molar-refractivity contribution in [2.24, 2.45) is 0 Å². The van der Waals surface area contributed by atoms with E-state index in [1.807, 2.05) is 13.8 Å². The van der Waals surface area contributed by atoms with Crippen LogP contribution in [0.3, 0.4) is 0 Å². The summed E-state index contributed by atoms with van der Waals surface area (Å²) in [5.74, 6) is 1.21. The highest BCUT2D eigenvalue weighted by molar-refractivity contribution is 7.92. The smallest absolute Gasteiger partial charge is 0.255 e. The van der Waals surface area contributed by atoms with Crippen molar-refractivity contribution in [1.29, 1.82) is 0 Å². The maximum absolute atomic E-state index is 12.6. The van der Waals surface area contributed by atoms with Gasteiger partial charge in [-0.25, -0.2) is 8.42 Å². The number of nitrogens with zero attached hydrogens (tertiary/aromatic N) is 1. The maximum atomic E-state index is 12.6. The van der Waals surface area contributed by atoms with E-state index in [4.69, 9.17) is 14.0 Å². The third-order valence-electron chi connectivity index (χ3n) is 4.78. The number of methoxy groups -OCH3 is 1. The molecule has 1 amide bonds. The molecule has 3 rings (SSSR count). The highest BCUT2D eigenvalue weighted by Crippen LogP contribution is 2.30. The van der Waals surface area contributed by atoms with Crippen molar-refractivity contribution in [3.63, 3.8) is 0 Å². The molecule has 0 fully saturated rings. The van der Waals surface area contributed by atoms with E-state index in [-0.39, 0.29) is 18.3 Å². The van der Waals surface area contributed by atoms with Crippen LogP contribution in [0.25, 0.3) is 0 Å². The lowest BCUT2D eigenvalue weighted by molar-refractivity contribution is 0.102. The van der Waals surface area contributed by atoms with E-state index in [1.54, 1.807) is 49.4 Å². The topological polar surface area (TPSA) is 120 Å². The third-order valence-corrected chi connectivity index (χ3v) is 6.08. The highest BCUT2D eigenvalue weighted by atomic mass is 32.2. The average molecular weight is 460 g/mol. The first-order valence-corrected chi connectivity index (χ1v) is 11.5. The number of carbonyl (C=O) groups is 1. The fourth-order valence-electron chi connectivity index (χ4n) is 2.86. The summed E-state index contributed by atoms with van der Waals surface area (Å²) in [6.45, 7) is 5.47. The van der Waals surface area contributed by atoms with E-state index in [1.165, 1.54) is 7.11 Å². The molecule has 10 heteroatoms. The molecule has 0 aliphatic carbocycles. The van der Waals surface area contributed by atoms with Crippen molar-refractivity contribution in [2.75, 3.05) is 22.9 Å². The van der Waals surface area contributed by atoms with Gasteiger partial charge in [-0.15, -0.1) is 0 Å². The van der Waals surface area contributed by atoms with Gasteiger partial charge < -0.3 is 19.3 Å². The predicted octanol–water partition coefficient (Wildman–Crippen LogP) is 3.89. The minimum Gasteiger partial charge on any atom is -0.493 e. The normalized spacial score (nSPS) is 11.1. The average Bonchev–Trinajstić information content (AvgIpc) is 3.10. The van der Waals surface area contributed by atoms with Gasteiger partial charge >= 0.3 is 0 Å². The van der Waals surface area contributed by atoms with E-state index < -0.39 is 10.0 Å². The number of anilines is 2. The second-order valence-corrected chi connectivity index (χ2v) is 9.00. The number of carbonyl (C=O) groups excluding carboxylic acids is 1. The number of hydrogen-bond donors (Lipinski definition) is 2. The number of hydrogen-bond acceptors (Lipinski definition) is 7. The van der Waals surface area contributed by atoms with E-state index in [2.05, 4.69) is 15.2 Å². The SMILES string of the molecule is CCS(=O)(=O)Nc1ccc(NC(=O)c2ccc(OCc3c(C)noc3C)c(OC)c2)cc1. The molecule has 0 bridgehead atoms. The Kier molecular flexibility index (Phi) is 7.04. The van der Waals surface area contributed by atoms with Crippen LogP contribution in [-0.2, 0) is 16.6 Å². The molecule has 0 radical (unpaired) electrons. The molecular weight excluding hydrogens is 434 g/mol. The number of ether oxygens (including phenoxy) is 2. The standard InChI is InChI=1S/C22H25N3O6S/c1-5-32(27,28)25-18-9-7-17(8-10-18)23-22(26)16-6-11-20(21(12-16)29-4)30-13-19-14(2)24-31-15(19)3/h6-12,25H,5,13H2,1-4H3,(H,23,26). The van der Waals surface area contributed by atoms with Crippen molar-refractivity contribution in [1.82, 2.24) is 5.16 Å². The third kappa shape index (κ3) is 5.58. The first-order chi connectivity index (χ1) is 15.2. The summed E-state index contributed by atoms with van der Waals surface area (Å²) in [7, 11) is -1.86. The van der Waals surface area contributed by atoms with Crippen LogP contribution in [-0.4, -0.2) is 32.3 Å². The minimum atomic E-state index is -3.36. The van der Waals surface area contributed by atoms with Crippen molar-refractivity contribution >= 4 is 27.3 Å². The monoisotopic (exact) mass is 459 g/mol. The first-order valence-electron chi connectivity index (χ1n) is 9.87. The Bertz CT molecular complexity index is 1180. The summed E-state index contributed by atoms with van der Waals surface area (Å²) in [5, 5.41) is 6.67. The van der Waals surface area contributed by atoms with Crippen LogP contribution >= 0.6 is 0 Å². The Balaban J connectivity index is 1.68. The van der Waals surface area contributed by atoms with Crippen LogP contribution in [0.5, 0.6) is 11.5 Å². The van der Waals surface area contributed by atoms with E-state index in [9.17, 15) is 13.2 Å². The van der Waals surface area contributed by atoms with Crippen molar-refractivity contribution in [3.05, 3.63) is 65.0 Å². The Morgan fingerprint density at radius 3 is 2.34 bits per heavy atom. The minimum absolute atomic E-state index is 0.0226. The Morgan fingerprint density at radius 2 is 1.75 bits per heavy atom. The number of aryl methyl sites for hydroxylation is 2. The lowest BCUT2D eigenvalue weighted by Gasteiger charge is -2.13. The summed E-state index contributed by atoms with van der Waals surface area (Å²) >= 11 is 0. The predicted molar refractivity (Wildman–Crippen MR) is 121 cm³/mol. The molecule has 170 valence electrons. The maximum Gasteiger partial charge on any atom is 0.255 e. The fourth-order valence-corrected chi connectivity index (χ4v) is 3.50. The van der Waals surface area contributed by atoms with Gasteiger partial charge in [0.25, 0.3) is 5.91 Å². The molecule has 9 nitrogen and oxygen atoms in total. The zero-order chi connectivity index (χ0) is 23.3. The molecule has 0 aliphatic heterocycles. The lowest BCUT2D eigenvalue weighted by atomic mass is 10.1. The number of sulfonamides is 1. The molecule has 0 spiro atoms. The highest BCUT2D eigenvalue weighted by Gasteiger charge is 2.15.